The zero-order valence-corrected chi connectivity index (χ0v) is 10.1. The lowest BCUT2D eigenvalue weighted by Crippen LogP contribution is -2.30. The van der Waals surface area contributed by atoms with Gasteiger partial charge in [-0.1, -0.05) is 17.7 Å². The van der Waals surface area contributed by atoms with Gasteiger partial charge in [-0.3, -0.25) is 4.79 Å². The van der Waals surface area contributed by atoms with E-state index in [1.54, 1.807) is 24.3 Å². The molecule has 18 heavy (non-hydrogen) atoms. The molecule has 0 radical (unpaired) electrons. The Morgan fingerprint density at radius 3 is 2.61 bits per heavy atom. The number of rotatable bonds is 4. The van der Waals surface area contributed by atoms with E-state index in [9.17, 15) is 9.90 Å². The number of carbonyl (C=O) groups excluding carboxylic acids is 1. The maximum absolute atomic E-state index is 12.0. The van der Waals surface area contributed by atoms with Crippen LogP contribution in [0.3, 0.4) is 0 Å². The van der Waals surface area contributed by atoms with E-state index in [4.69, 9.17) is 4.42 Å². The van der Waals surface area contributed by atoms with Crippen molar-refractivity contribution in [3.05, 3.63) is 59.5 Å². The molecule has 2 rings (SSSR count). The van der Waals surface area contributed by atoms with Crippen LogP contribution in [-0.2, 0) is 0 Å². The van der Waals surface area contributed by atoms with Crippen LogP contribution in [0.15, 0.2) is 47.1 Å². The highest BCUT2D eigenvalue weighted by atomic mass is 16.3. The SMILES string of the molecule is Cc1ccc(C(=O)NC(CO)c2ccco2)cc1. The Kier molecular flexibility index (Phi) is 3.79. The van der Waals surface area contributed by atoms with Crippen LogP contribution in [0.1, 0.15) is 27.7 Å². The summed E-state index contributed by atoms with van der Waals surface area (Å²) in [5.74, 6) is 0.309. The van der Waals surface area contributed by atoms with Gasteiger partial charge in [0.15, 0.2) is 0 Å². The quantitative estimate of drug-likeness (QED) is 0.866. The van der Waals surface area contributed by atoms with E-state index < -0.39 is 6.04 Å². The molecule has 0 bridgehead atoms. The van der Waals surface area contributed by atoms with Gasteiger partial charge in [-0.25, -0.2) is 0 Å². The topological polar surface area (TPSA) is 62.5 Å². The first kappa shape index (κ1) is 12.4. The van der Waals surface area contributed by atoms with Crippen molar-refractivity contribution in [3.8, 4) is 0 Å². The summed E-state index contributed by atoms with van der Waals surface area (Å²) in [6.45, 7) is 1.76. The highest BCUT2D eigenvalue weighted by Crippen LogP contribution is 2.13. The van der Waals surface area contributed by atoms with Gasteiger partial charge in [0.25, 0.3) is 5.91 Å². The fourth-order valence-electron chi connectivity index (χ4n) is 1.64. The molecule has 94 valence electrons. The Hall–Kier alpha value is -2.07. The van der Waals surface area contributed by atoms with Crippen LogP contribution in [0.4, 0.5) is 0 Å². The van der Waals surface area contributed by atoms with Crippen molar-refractivity contribution in [1.29, 1.82) is 0 Å². The maximum atomic E-state index is 12.0. The summed E-state index contributed by atoms with van der Waals surface area (Å²) in [5.41, 5.74) is 1.65. The summed E-state index contributed by atoms with van der Waals surface area (Å²) in [6.07, 6.45) is 1.51. The second-order valence-electron chi connectivity index (χ2n) is 4.09. The second-order valence-corrected chi connectivity index (χ2v) is 4.09. The number of amides is 1. The molecular formula is C14H15NO3. The smallest absolute Gasteiger partial charge is 0.251 e. The lowest BCUT2D eigenvalue weighted by Gasteiger charge is -2.13. The zero-order chi connectivity index (χ0) is 13.0. The summed E-state index contributed by atoms with van der Waals surface area (Å²) >= 11 is 0. The van der Waals surface area contributed by atoms with E-state index in [0.29, 0.717) is 11.3 Å². The molecule has 1 heterocycles. The van der Waals surface area contributed by atoms with E-state index in [0.717, 1.165) is 5.56 Å². The first-order chi connectivity index (χ1) is 8.70. The van der Waals surface area contributed by atoms with Crippen LogP contribution in [0.25, 0.3) is 0 Å². The Balaban J connectivity index is 2.08. The highest BCUT2D eigenvalue weighted by molar-refractivity contribution is 5.94. The number of aryl methyl sites for hydroxylation is 1. The van der Waals surface area contributed by atoms with Gasteiger partial charge in [0.05, 0.1) is 12.9 Å². The van der Waals surface area contributed by atoms with Gasteiger partial charge < -0.3 is 14.8 Å². The van der Waals surface area contributed by atoms with Gasteiger partial charge in [-0.15, -0.1) is 0 Å². The third-order valence-electron chi connectivity index (χ3n) is 2.69. The number of furan rings is 1. The van der Waals surface area contributed by atoms with Crippen molar-refractivity contribution < 1.29 is 14.3 Å². The molecule has 1 aromatic heterocycles. The predicted molar refractivity (Wildman–Crippen MR) is 67.2 cm³/mol. The van der Waals surface area contributed by atoms with Crippen molar-refractivity contribution in [2.24, 2.45) is 0 Å². The third kappa shape index (κ3) is 2.78. The second kappa shape index (κ2) is 5.51. The average Bonchev–Trinajstić information content (AvgIpc) is 2.90. The molecule has 1 unspecified atom stereocenters. The van der Waals surface area contributed by atoms with Crippen molar-refractivity contribution in [2.75, 3.05) is 6.61 Å². The van der Waals surface area contributed by atoms with Crippen molar-refractivity contribution in [3.63, 3.8) is 0 Å². The largest absolute Gasteiger partial charge is 0.467 e. The molecule has 0 fully saturated rings. The van der Waals surface area contributed by atoms with Crippen LogP contribution < -0.4 is 5.32 Å². The highest BCUT2D eigenvalue weighted by Gasteiger charge is 2.16. The minimum atomic E-state index is -0.520. The Morgan fingerprint density at radius 1 is 1.33 bits per heavy atom. The van der Waals surface area contributed by atoms with E-state index in [1.165, 1.54) is 6.26 Å². The minimum absolute atomic E-state index is 0.203. The monoisotopic (exact) mass is 245 g/mol. The van der Waals surface area contributed by atoms with Gasteiger partial charge in [0, 0.05) is 5.56 Å². The van der Waals surface area contributed by atoms with Gasteiger partial charge >= 0.3 is 0 Å². The Bertz CT molecular complexity index is 502. The van der Waals surface area contributed by atoms with Crippen molar-refractivity contribution in [1.82, 2.24) is 5.32 Å². The molecule has 2 aromatic rings. The number of hydrogen-bond donors (Lipinski definition) is 2. The molecule has 0 spiro atoms. The summed E-state index contributed by atoms with van der Waals surface area (Å²) in [6, 6.07) is 10.2. The Morgan fingerprint density at radius 2 is 2.06 bits per heavy atom. The molecule has 4 nitrogen and oxygen atoms in total. The molecule has 1 atom stereocenters. The summed E-state index contributed by atoms with van der Waals surface area (Å²) in [5, 5.41) is 12.0. The fraction of sp³-hybridized carbons (Fsp3) is 0.214. The molecule has 0 aliphatic rings. The van der Waals surface area contributed by atoms with E-state index in [2.05, 4.69) is 5.32 Å². The van der Waals surface area contributed by atoms with Crippen LogP contribution >= 0.6 is 0 Å². The molecular weight excluding hydrogens is 230 g/mol. The number of nitrogens with one attached hydrogen (secondary N) is 1. The molecule has 2 N–H and O–H groups in total. The van der Waals surface area contributed by atoms with Crippen LogP contribution in [0, 0.1) is 6.92 Å². The minimum Gasteiger partial charge on any atom is -0.467 e. The molecule has 0 aliphatic carbocycles. The number of aliphatic hydroxyl groups excluding tert-OH is 1. The summed E-state index contributed by atoms with van der Waals surface area (Å²) in [4.78, 5) is 12.0. The van der Waals surface area contributed by atoms with Gasteiger partial charge in [0.1, 0.15) is 11.8 Å². The van der Waals surface area contributed by atoms with Gasteiger partial charge in [0.2, 0.25) is 0 Å². The predicted octanol–water partition coefficient (Wildman–Crippen LogP) is 2.05. The number of hydrogen-bond acceptors (Lipinski definition) is 3. The van der Waals surface area contributed by atoms with Gasteiger partial charge in [-0.2, -0.15) is 0 Å². The lowest BCUT2D eigenvalue weighted by molar-refractivity contribution is 0.0907. The summed E-state index contributed by atoms with van der Waals surface area (Å²) in [7, 11) is 0. The maximum Gasteiger partial charge on any atom is 0.251 e. The van der Waals surface area contributed by atoms with Crippen LogP contribution in [-0.4, -0.2) is 17.6 Å². The van der Waals surface area contributed by atoms with Crippen LogP contribution in [0.5, 0.6) is 0 Å². The number of carbonyl (C=O) groups is 1. The Labute approximate surface area is 105 Å². The molecule has 0 saturated carbocycles. The van der Waals surface area contributed by atoms with E-state index in [1.807, 2.05) is 19.1 Å². The zero-order valence-electron chi connectivity index (χ0n) is 10.1. The van der Waals surface area contributed by atoms with Crippen molar-refractivity contribution >= 4 is 5.91 Å². The first-order valence-electron chi connectivity index (χ1n) is 5.72. The molecule has 1 amide bonds. The van der Waals surface area contributed by atoms with Crippen molar-refractivity contribution in [2.45, 2.75) is 13.0 Å². The third-order valence-corrected chi connectivity index (χ3v) is 2.69. The number of benzene rings is 1. The summed E-state index contributed by atoms with van der Waals surface area (Å²) < 4.78 is 5.17. The first-order valence-corrected chi connectivity index (χ1v) is 5.72. The van der Waals surface area contributed by atoms with Crippen LogP contribution in [0.2, 0.25) is 0 Å². The standard InChI is InChI=1S/C14H15NO3/c1-10-4-6-11(7-5-10)14(17)15-12(9-16)13-3-2-8-18-13/h2-8,12,16H,9H2,1H3,(H,15,17). The van der Waals surface area contributed by atoms with E-state index in [-0.39, 0.29) is 12.5 Å². The molecule has 0 saturated heterocycles. The lowest BCUT2D eigenvalue weighted by atomic mass is 10.1. The molecule has 0 aliphatic heterocycles. The average molecular weight is 245 g/mol. The molecule has 4 heteroatoms. The number of aliphatic hydroxyl groups is 1. The normalized spacial score (nSPS) is 12.1. The fourth-order valence-corrected chi connectivity index (χ4v) is 1.64. The van der Waals surface area contributed by atoms with Gasteiger partial charge in [-0.05, 0) is 31.2 Å². The molecule has 1 aromatic carbocycles. The van der Waals surface area contributed by atoms with E-state index >= 15 is 0 Å².